The number of methoxy groups -OCH3 is 1. The summed E-state index contributed by atoms with van der Waals surface area (Å²) in [4.78, 5) is 11.7. The lowest BCUT2D eigenvalue weighted by molar-refractivity contribution is 0.0982. The van der Waals surface area contributed by atoms with E-state index < -0.39 is 0 Å². The number of nitrogens with one attached hydrogen (secondary N) is 2. The van der Waals surface area contributed by atoms with Crippen LogP contribution in [-0.4, -0.2) is 67.9 Å². The van der Waals surface area contributed by atoms with Gasteiger partial charge in [-0.2, -0.15) is 0 Å². The number of hydrogen-bond acceptors (Lipinski definition) is 5. The summed E-state index contributed by atoms with van der Waals surface area (Å²) >= 11 is 0. The van der Waals surface area contributed by atoms with Gasteiger partial charge in [-0.3, -0.25) is 4.90 Å². The minimum atomic E-state index is 0. The van der Waals surface area contributed by atoms with Gasteiger partial charge in [0.15, 0.2) is 5.96 Å². The highest BCUT2D eigenvalue weighted by atomic mass is 127. The van der Waals surface area contributed by atoms with Crippen LogP contribution in [0, 0.1) is 0 Å². The van der Waals surface area contributed by atoms with E-state index >= 15 is 0 Å². The third kappa shape index (κ3) is 9.04. The summed E-state index contributed by atoms with van der Waals surface area (Å²) in [6, 6.07) is 3.91. The van der Waals surface area contributed by atoms with Crippen molar-refractivity contribution < 1.29 is 9.47 Å². The fraction of sp³-hybridized carbons (Fsp3) is 0.714. The lowest BCUT2D eigenvalue weighted by Crippen LogP contribution is -2.54. The van der Waals surface area contributed by atoms with E-state index in [9.17, 15) is 0 Å². The van der Waals surface area contributed by atoms with Crippen LogP contribution < -0.4 is 15.4 Å². The van der Waals surface area contributed by atoms with Crippen LogP contribution >= 0.6 is 24.0 Å². The molecule has 7 nitrogen and oxygen atoms in total. The molecule has 0 spiro atoms. The van der Waals surface area contributed by atoms with Crippen molar-refractivity contribution in [2.45, 2.75) is 52.1 Å². The minimum Gasteiger partial charge on any atom is -0.475 e. The topological polar surface area (TPSA) is 71.0 Å². The van der Waals surface area contributed by atoms with E-state index in [1.54, 1.807) is 13.3 Å². The molecule has 2 heterocycles. The molecular weight excluding hydrogens is 481 g/mol. The van der Waals surface area contributed by atoms with E-state index in [4.69, 9.17) is 14.5 Å². The molecule has 1 aromatic heterocycles. The number of guanidine groups is 1. The van der Waals surface area contributed by atoms with Crippen LogP contribution in [0.15, 0.2) is 23.3 Å². The zero-order chi connectivity index (χ0) is 20.2. The molecule has 0 aliphatic carbocycles. The van der Waals surface area contributed by atoms with Gasteiger partial charge in [0.2, 0.25) is 5.88 Å². The normalized spacial score (nSPS) is 15.5. The number of rotatable bonds is 10. The van der Waals surface area contributed by atoms with Crippen LogP contribution in [0.4, 0.5) is 0 Å². The van der Waals surface area contributed by atoms with E-state index in [2.05, 4.69) is 41.3 Å². The first kappa shape index (κ1) is 25.9. The molecule has 2 N–H and O–H groups in total. The molecular formula is C21H38IN5O2. The van der Waals surface area contributed by atoms with Crippen molar-refractivity contribution in [1.82, 2.24) is 20.5 Å². The number of hydrogen-bond donors (Lipinski definition) is 2. The number of aliphatic imine (C=N–C) groups is 1. The molecule has 0 bridgehead atoms. The summed E-state index contributed by atoms with van der Waals surface area (Å²) < 4.78 is 10.8. The number of nitrogens with zero attached hydrogens (tertiary/aromatic N) is 3. The lowest BCUT2D eigenvalue weighted by atomic mass is 9.98. The van der Waals surface area contributed by atoms with Gasteiger partial charge in [0, 0.05) is 37.5 Å². The van der Waals surface area contributed by atoms with Gasteiger partial charge in [0.05, 0.1) is 13.2 Å². The predicted molar refractivity (Wildman–Crippen MR) is 129 cm³/mol. The Kier molecular flexibility index (Phi) is 12.5. The summed E-state index contributed by atoms with van der Waals surface area (Å²) in [5, 5.41) is 6.86. The highest BCUT2D eigenvalue weighted by Gasteiger charge is 2.27. The molecule has 2 rings (SSSR count). The highest BCUT2D eigenvalue weighted by molar-refractivity contribution is 14.0. The van der Waals surface area contributed by atoms with Crippen molar-refractivity contribution >= 4 is 29.9 Å². The molecule has 0 saturated carbocycles. The van der Waals surface area contributed by atoms with Crippen molar-refractivity contribution in [1.29, 1.82) is 0 Å². The summed E-state index contributed by atoms with van der Waals surface area (Å²) in [5.41, 5.74) is 1.06. The summed E-state index contributed by atoms with van der Waals surface area (Å²) in [5.74, 6) is 1.44. The third-order valence-corrected chi connectivity index (χ3v) is 5.03. The van der Waals surface area contributed by atoms with E-state index in [0.717, 1.165) is 24.6 Å². The Hall–Kier alpha value is -1.13. The van der Waals surface area contributed by atoms with E-state index in [-0.39, 0.29) is 29.5 Å². The second kappa shape index (κ2) is 14.0. The Balaban J connectivity index is 0.00000420. The first-order chi connectivity index (χ1) is 13.6. The second-order valence-electron chi connectivity index (χ2n) is 7.72. The van der Waals surface area contributed by atoms with Gasteiger partial charge >= 0.3 is 0 Å². The number of piperidine rings is 1. The zero-order valence-corrected chi connectivity index (χ0v) is 20.7. The van der Waals surface area contributed by atoms with Crippen molar-refractivity contribution in [3.05, 3.63) is 23.9 Å². The molecule has 0 amide bonds. The molecule has 0 unspecified atom stereocenters. The molecule has 166 valence electrons. The molecule has 1 saturated heterocycles. The van der Waals surface area contributed by atoms with Crippen LogP contribution in [0.3, 0.4) is 0 Å². The maximum atomic E-state index is 5.71. The SMILES string of the molecule is CCNC(=NCc1cccnc1OCCOC)NCC(C)(C)N1CCCCC1.I. The largest absolute Gasteiger partial charge is 0.475 e. The summed E-state index contributed by atoms with van der Waals surface area (Å²) in [6.45, 7) is 12.2. The summed E-state index contributed by atoms with van der Waals surface area (Å²) in [7, 11) is 1.66. The number of ether oxygens (including phenoxy) is 2. The Morgan fingerprint density at radius 1 is 1.21 bits per heavy atom. The third-order valence-electron chi connectivity index (χ3n) is 5.03. The van der Waals surface area contributed by atoms with E-state index in [0.29, 0.717) is 25.6 Å². The second-order valence-corrected chi connectivity index (χ2v) is 7.72. The number of pyridine rings is 1. The van der Waals surface area contributed by atoms with Gasteiger partial charge in [-0.25, -0.2) is 9.98 Å². The average Bonchev–Trinajstić information content (AvgIpc) is 2.72. The first-order valence-electron chi connectivity index (χ1n) is 10.4. The molecule has 1 fully saturated rings. The van der Waals surface area contributed by atoms with Gasteiger partial charge in [0.25, 0.3) is 0 Å². The van der Waals surface area contributed by atoms with Crippen molar-refractivity contribution in [2.24, 2.45) is 4.99 Å². The van der Waals surface area contributed by atoms with Gasteiger partial charge < -0.3 is 20.1 Å². The van der Waals surface area contributed by atoms with Crippen molar-refractivity contribution in [3.8, 4) is 5.88 Å². The van der Waals surface area contributed by atoms with Crippen LogP contribution in [0.25, 0.3) is 0 Å². The predicted octanol–water partition coefficient (Wildman–Crippen LogP) is 3.04. The zero-order valence-electron chi connectivity index (χ0n) is 18.4. The Labute approximate surface area is 193 Å². The fourth-order valence-corrected chi connectivity index (χ4v) is 3.31. The first-order valence-corrected chi connectivity index (χ1v) is 10.4. The van der Waals surface area contributed by atoms with Crippen LogP contribution in [0.5, 0.6) is 5.88 Å². The van der Waals surface area contributed by atoms with Crippen LogP contribution in [0.1, 0.15) is 45.6 Å². The van der Waals surface area contributed by atoms with Gasteiger partial charge in [0.1, 0.15) is 6.61 Å². The monoisotopic (exact) mass is 519 g/mol. The fourth-order valence-electron chi connectivity index (χ4n) is 3.31. The number of halogens is 1. The standard InChI is InChI=1S/C21H37N5O2.HI/c1-5-22-20(25-17-21(2,3)26-12-7-6-8-13-26)24-16-18-10-9-11-23-19(18)28-15-14-27-4;/h9-11H,5-8,12-17H2,1-4H3,(H2,22,24,25);1H. The molecule has 0 radical (unpaired) electrons. The Morgan fingerprint density at radius 2 is 1.97 bits per heavy atom. The maximum absolute atomic E-state index is 5.71. The minimum absolute atomic E-state index is 0. The smallest absolute Gasteiger partial charge is 0.218 e. The van der Waals surface area contributed by atoms with Gasteiger partial charge in [-0.1, -0.05) is 12.5 Å². The Morgan fingerprint density at radius 3 is 2.66 bits per heavy atom. The molecule has 29 heavy (non-hydrogen) atoms. The quantitative estimate of drug-likeness (QED) is 0.214. The van der Waals surface area contributed by atoms with E-state index in [1.807, 2.05) is 12.1 Å². The lowest BCUT2D eigenvalue weighted by Gasteiger charge is -2.41. The highest BCUT2D eigenvalue weighted by Crippen LogP contribution is 2.20. The van der Waals surface area contributed by atoms with Gasteiger partial charge in [-0.15, -0.1) is 24.0 Å². The Bertz CT molecular complexity index is 606. The molecule has 0 atom stereocenters. The van der Waals surface area contributed by atoms with Crippen LogP contribution in [-0.2, 0) is 11.3 Å². The van der Waals surface area contributed by atoms with E-state index in [1.165, 1.54) is 32.4 Å². The molecule has 0 aromatic carbocycles. The number of aromatic nitrogens is 1. The molecule has 1 aliphatic rings. The summed E-state index contributed by atoms with van der Waals surface area (Å²) in [6.07, 6.45) is 5.68. The van der Waals surface area contributed by atoms with Crippen LogP contribution in [0.2, 0.25) is 0 Å². The maximum Gasteiger partial charge on any atom is 0.218 e. The molecule has 1 aliphatic heterocycles. The van der Waals surface area contributed by atoms with Gasteiger partial charge in [-0.05, 0) is 52.8 Å². The molecule has 1 aromatic rings. The molecule has 8 heteroatoms. The average molecular weight is 519 g/mol. The number of likely N-dealkylation sites (tertiary alicyclic amines) is 1. The van der Waals surface area contributed by atoms with Crippen molar-refractivity contribution in [3.63, 3.8) is 0 Å². The van der Waals surface area contributed by atoms with Crippen molar-refractivity contribution in [2.75, 3.05) is 46.5 Å².